The lowest BCUT2D eigenvalue weighted by Gasteiger charge is -2.34. The maximum Gasteiger partial charge on any atom is 0.294 e. The van der Waals surface area contributed by atoms with Gasteiger partial charge in [0, 0.05) is 25.0 Å². The van der Waals surface area contributed by atoms with Crippen LogP contribution in [0.15, 0.2) is 5.38 Å². The van der Waals surface area contributed by atoms with Crippen molar-refractivity contribution in [3.05, 3.63) is 16.1 Å². The van der Waals surface area contributed by atoms with Gasteiger partial charge in [-0.1, -0.05) is 0 Å². The molecule has 1 aromatic rings. The third kappa shape index (κ3) is 3.26. The van der Waals surface area contributed by atoms with Crippen LogP contribution in [0.2, 0.25) is 0 Å². The Hall–Kier alpha value is -1.02. The zero-order chi connectivity index (χ0) is 13.1. The van der Waals surface area contributed by atoms with Gasteiger partial charge in [-0.05, 0) is 13.8 Å². The first kappa shape index (κ1) is 13.4. The quantitative estimate of drug-likeness (QED) is 0.471. The fourth-order valence-corrected chi connectivity index (χ4v) is 2.90. The fraction of sp³-hybridized carbons (Fsp3) is 0.636. The van der Waals surface area contributed by atoms with E-state index in [0.717, 1.165) is 25.3 Å². The molecule has 2 unspecified atom stereocenters. The van der Waals surface area contributed by atoms with Crippen molar-refractivity contribution in [2.24, 2.45) is 5.84 Å². The molecule has 0 spiro atoms. The Balaban J connectivity index is 1.96. The van der Waals surface area contributed by atoms with E-state index in [1.165, 1.54) is 11.3 Å². The molecule has 1 aromatic heterocycles. The van der Waals surface area contributed by atoms with Gasteiger partial charge in [0.1, 0.15) is 0 Å². The molecule has 18 heavy (non-hydrogen) atoms. The average molecular weight is 270 g/mol. The number of ether oxygens (including phenoxy) is 1. The van der Waals surface area contributed by atoms with E-state index in [4.69, 9.17) is 10.6 Å². The first-order valence-electron chi connectivity index (χ1n) is 5.91. The minimum Gasteiger partial charge on any atom is -0.373 e. The highest BCUT2D eigenvalue weighted by molar-refractivity contribution is 7.11. The van der Waals surface area contributed by atoms with Crippen molar-refractivity contribution in [3.8, 4) is 0 Å². The van der Waals surface area contributed by atoms with Crippen molar-refractivity contribution in [1.29, 1.82) is 0 Å². The van der Waals surface area contributed by atoms with E-state index in [-0.39, 0.29) is 18.1 Å². The molecule has 0 aromatic carbocycles. The van der Waals surface area contributed by atoms with Crippen molar-refractivity contribution >= 4 is 17.2 Å². The monoisotopic (exact) mass is 270 g/mol. The summed E-state index contributed by atoms with van der Waals surface area (Å²) >= 11 is 1.31. The topological polar surface area (TPSA) is 80.5 Å². The van der Waals surface area contributed by atoms with Crippen LogP contribution in [-0.2, 0) is 11.3 Å². The Kier molecular flexibility index (Phi) is 4.28. The smallest absolute Gasteiger partial charge is 0.294 e. The number of nitrogens with zero attached hydrogens (tertiary/aromatic N) is 2. The molecule has 2 rings (SSSR count). The molecule has 7 heteroatoms. The summed E-state index contributed by atoms with van der Waals surface area (Å²) in [6.45, 7) is 6.65. The second-order valence-corrected chi connectivity index (χ2v) is 5.43. The van der Waals surface area contributed by atoms with E-state index in [1.807, 2.05) is 5.38 Å². The number of thiazole rings is 1. The molecule has 1 fully saturated rings. The van der Waals surface area contributed by atoms with Crippen LogP contribution in [0, 0.1) is 0 Å². The molecule has 1 aliphatic rings. The summed E-state index contributed by atoms with van der Waals surface area (Å²) < 4.78 is 5.67. The number of hydrazine groups is 1. The molecule has 0 radical (unpaired) electrons. The number of nitrogen functional groups attached to an aromatic ring is 1. The van der Waals surface area contributed by atoms with E-state index in [2.05, 4.69) is 29.2 Å². The van der Waals surface area contributed by atoms with Crippen molar-refractivity contribution in [1.82, 2.24) is 15.3 Å². The number of nitrogens with one attached hydrogen (secondary N) is 1. The van der Waals surface area contributed by atoms with E-state index in [0.29, 0.717) is 5.01 Å². The van der Waals surface area contributed by atoms with Crippen LogP contribution in [-0.4, -0.2) is 41.1 Å². The maximum atomic E-state index is 11.3. The van der Waals surface area contributed by atoms with E-state index in [9.17, 15) is 4.79 Å². The molecule has 3 N–H and O–H groups in total. The Bertz CT molecular complexity index is 413. The second-order valence-electron chi connectivity index (χ2n) is 4.57. The normalized spacial score (nSPS) is 25.1. The number of carbonyl (C=O) groups excluding carboxylic acids is 1. The molecule has 1 amide bonds. The number of morpholine rings is 1. The molecule has 0 saturated carbocycles. The zero-order valence-electron chi connectivity index (χ0n) is 10.5. The van der Waals surface area contributed by atoms with Crippen LogP contribution in [0.25, 0.3) is 0 Å². The van der Waals surface area contributed by atoms with Gasteiger partial charge in [0.05, 0.1) is 17.9 Å². The molecule has 2 heterocycles. The standard InChI is InChI=1S/C11H18N4O2S/c1-7-3-15(4-8(2)17-7)5-9-6-18-11(13-9)10(16)14-12/h6-8H,3-5,12H2,1-2H3,(H,14,16). The molecule has 0 bridgehead atoms. The Morgan fingerprint density at radius 3 is 2.89 bits per heavy atom. The van der Waals surface area contributed by atoms with Crippen LogP contribution >= 0.6 is 11.3 Å². The predicted octanol–water partition coefficient (Wildman–Crippen LogP) is 0.356. The highest BCUT2D eigenvalue weighted by atomic mass is 32.1. The molecule has 0 aliphatic carbocycles. The van der Waals surface area contributed by atoms with Gasteiger partial charge < -0.3 is 4.74 Å². The van der Waals surface area contributed by atoms with Crippen molar-refractivity contribution in [3.63, 3.8) is 0 Å². The van der Waals surface area contributed by atoms with Gasteiger partial charge >= 0.3 is 0 Å². The van der Waals surface area contributed by atoms with E-state index in [1.54, 1.807) is 0 Å². The lowest BCUT2D eigenvalue weighted by atomic mass is 10.2. The SMILES string of the molecule is CC1CN(Cc2csc(C(=O)NN)n2)CC(C)O1. The van der Waals surface area contributed by atoms with Gasteiger partial charge in [-0.15, -0.1) is 11.3 Å². The summed E-state index contributed by atoms with van der Waals surface area (Å²) in [6.07, 6.45) is 0.471. The maximum absolute atomic E-state index is 11.3. The highest BCUT2D eigenvalue weighted by Gasteiger charge is 2.23. The van der Waals surface area contributed by atoms with Gasteiger partial charge in [0.2, 0.25) is 0 Å². The number of amides is 1. The Labute approximate surface area is 110 Å². The number of hydrogen-bond donors (Lipinski definition) is 2. The summed E-state index contributed by atoms with van der Waals surface area (Å²) in [6, 6.07) is 0. The molecule has 1 saturated heterocycles. The van der Waals surface area contributed by atoms with Gasteiger partial charge in [0.25, 0.3) is 5.91 Å². The van der Waals surface area contributed by atoms with Crippen LogP contribution in [0.5, 0.6) is 0 Å². The van der Waals surface area contributed by atoms with Crippen LogP contribution < -0.4 is 11.3 Å². The van der Waals surface area contributed by atoms with Crippen molar-refractivity contribution in [2.75, 3.05) is 13.1 Å². The van der Waals surface area contributed by atoms with Crippen LogP contribution in [0.4, 0.5) is 0 Å². The number of carbonyl (C=O) groups is 1. The molecule has 1 aliphatic heterocycles. The summed E-state index contributed by atoms with van der Waals surface area (Å²) in [5.41, 5.74) is 2.99. The van der Waals surface area contributed by atoms with Crippen molar-refractivity contribution < 1.29 is 9.53 Å². The zero-order valence-corrected chi connectivity index (χ0v) is 11.4. The summed E-state index contributed by atoms with van der Waals surface area (Å²) in [5.74, 6) is 4.74. The molecule has 100 valence electrons. The third-order valence-corrected chi connectivity index (χ3v) is 3.65. The lowest BCUT2D eigenvalue weighted by Crippen LogP contribution is -2.44. The summed E-state index contributed by atoms with van der Waals surface area (Å²) in [7, 11) is 0. The molecule has 6 nitrogen and oxygen atoms in total. The molecule has 2 atom stereocenters. The largest absolute Gasteiger partial charge is 0.373 e. The first-order chi connectivity index (χ1) is 8.58. The van der Waals surface area contributed by atoms with Crippen LogP contribution in [0.1, 0.15) is 29.3 Å². The van der Waals surface area contributed by atoms with Gasteiger partial charge in [0.15, 0.2) is 5.01 Å². The first-order valence-corrected chi connectivity index (χ1v) is 6.79. The fourth-order valence-electron chi connectivity index (χ4n) is 2.19. The average Bonchev–Trinajstić information content (AvgIpc) is 2.75. The molecular formula is C11H18N4O2S. The van der Waals surface area contributed by atoms with Gasteiger partial charge in [-0.3, -0.25) is 15.1 Å². The lowest BCUT2D eigenvalue weighted by molar-refractivity contribution is -0.0707. The summed E-state index contributed by atoms with van der Waals surface area (Å²) in [5, 5.41) is 2.30. The number of aromatic nitrogens is 1. The van der Waals surface area contributed by atoms with E-state index >= 15 is 0 Å². The number of rotatable bonds is 3. The summed E-state index contributed by atoms with van der Waals surface area (Å²) in [4.78, 5) is 17.9. The minimum absolute atomic E-state index is 0.235. The second kappa shape index (κ2) is 5.75. The Morgan fingerprint density at radius 2 is 2.28 bits per heavy atom. The highest BCUT2D eigenvalue weighted by Crippen LogP contribution is 2.16. The predicted molar refractivity (Wildman–Crippen MR) is 69.1 cm³/mol. The third-order valence-electron chi connectivity index (χ3n) is 2.76. The van der Waals surface area contributed by atoms with Gasteiger partial charge in [-0.2, -0.15) is 0 Å². The molecular weight excluding hydrogens is 252 g/mol. The van der Waals surface area contributed by atoms with E-state index < -0.39 is 0 Å². The minimum atomic E-state index is -0.338. The Morgan fingerprint density at radius 1 is 1.61 bits per heavy atom. The van der Waals surface area contributed by atoms with Crippen molar-refractivity contribution in [2.45, 2.75) is 32.6 Å². The number of hydrogen-bond acceptors (Lipinski definition) is 6. The van der Waals surface area contributed by atoms with Gasteiger partial charge in [-0.25, -0.2) is 10.8 Å². The van der Waals surface area contributed by atoms with Crippen LogP contribution in [0.3, 0.4) is 0 Å². The number of nitrogens with two attached hydrogens (primary N) is 1.